The Morgan fingerprint density at radius 3 is 0.886 bits per heavy atom. The van der Waals surface area contributed by atoms with Gasteiger partial charge in [-0.2, -0.15) is 0 Å². The maximum Gasteiger partial charge on any atom is 0.0714 e. The van der Waals surface area contributed by atoms with E-state index in [-0.39, 0.29) is 0 Å². The van der Waals surface area contributed by atoms with Crippen molar-refractivity contribution >= 4 is 88.0 Å². The van der Waals surface area contributed by atoms with Gasteiger partial charge in [-0.1, -0.05) is 437 Å². The first-order valence-corrected chi connectivity index (χ1v) is 45.8. The molecule has 0 saturated carbocycles. The van der Waals surface area contributed by atoms with Crippen LogP contribution in [0.15, 0.2) is 522 Å². The molecule has 0 fully saturated rings. The van der Waals surface area contributed by atoms with Crippen molar-refractivity contribution in [3.63, 3.8) is 0 Å². The number of anilines is 6. The number of fused-ring (bicyclic) bond motifs is 12. The van der Waals surface area contributed by atoms with Crippen LogP contribution in [0.5, 0.6) is 0 Å². The van der Waals surface area contributed by atoms with Crippen LogP contribution in [0.4, 0.5) is 34.1 Å². The lowest BCUT2D eigenvalue weighted by Gasteiger charge is -2.34. The minimum Gasteiger partial charge on any atom is -0.310 e. The number of rotatable bonds is 17. The molecule has 23 aromatic carbocycles. The normalized spacial score (nSPS) is 13.4. The third-order valence-corrected chi connectivity index (χ3v) is 28.2. The molecule has 0 amide bonds. The second kappa shape index (κ2) is 32.1. The van der Waals surface area contributed by atoms with E-state index in [0.717, 1.165) is 84.2 Å². The van der Waals surface area contributed by atoms with Crippen LogP contribution in [0.1, 0.15) is 44.5 Å². The molecule has 0 radical (unpaired) electrons. The molecule has 2 aliphatic carbocycles. The summed E-state index contributed by atoms with van der Waals surface area (Å²) in [4.78, 5) is 5.01. The molecule has 0 saturated heterocycles. The van der Waals surface area contributed by atoms with Gasteiger partial charge in [-0.15, -0.1) is 0 Å². The van der Waals surface area contributed by atoms with Gasteiger partial charge < -0.3 is 9.80 Å². The first-order chi connectivity index (χ1) is 65.4. The molecular weight excluding hydrogens is 1590 g/mol. The largest absolute Gasteiger partial charge is 0.310 e. The Bertz CT molecular complexity index is 8350. The summed E-state index contributed by atoms with van der Waals surface area (Å²) in [5.41, 5.74) is 35.9. The molecule has 0 spiro atoms. The van der Waals surface area contributed by atoms with Gasteiger partial charge in [-0.05, 0) is 272 Å². The third kappa shape index (κ3) is 12.8. The molecule has 0 heterocycles. The zero-order chi connectivity index (χ0) is 87.2. The number of benzene rings is 23. The van der Waals surface area contributed by atoms with Crippen LogP contribution in [0.2, 0.25) is 0 Å². The first-order valence-electron chi connectivity index (χ1n) is 45.8. The predicted octanol–water partition coefficient (Wildman–Crippen LogP) is 34.8. The lowest BCUT2D eigenvalue weighted by Crippen LogP contribution is -2.28. The van der Waals surface area contributed by atoms with Crippen molar-refractivity contribution in [3.05, 3.63) is 566 Å². The molecule has 132 heavy (non-hydrogen) atoms. The summed E-state index contributed by atoms with van der Waals surface area (Å²) in [6.45, 7) is 0. The molecule has 0 N–H and O–H groups in total. The molecule has 0 aromatic heterocycles. The molecule has 2 aliphatic rings. The van der Waals surface area contributed by atoms with Gasteiger partial charge in [0.25, 0.3) is 0 Å². The molecule has 2 heteroatoms. The van der Waals surface area contributed by atoms with E-state index in [2.05, 4.69) is 532 Å². The van der Waals surface area contributed by atoms with Crippen molar-refractivity contribution in [2.24, 2.45) is 0 Å². The quantitative estimate of drug-likeness (QED) is 0.0839. The second-order valence-corrected chi connectivity index (χ2v) is 35.2. The molecule has 0 aliphatic heterocycles. The van der Waals surface area contributed by atoms with E-state index >= 15 is 0 Å². The molecule has 0 bridgehead atoms. The molecule has 1 atom stereocenters. The van der Waals surface area contributed by atoms with Crippen molar-refractivity contribution in [1.82, 2.24) is 0 Å². The van der Waals surface area contributed by atoms with Crippen LogP contribution in [-0.2, 0) is 10.8 Å². The highest BCUT2D eigenvalue weighted by atomic mass is 15.2. The molecule has 25 rings (SSSR count). The minimum absolute atomic E-state index is 0.594. The maximum atomic E-state index is 2.51. The summed E-state index contributed by atoms with van der Waals surface area (Å²) in [7, 11) is 0. The van der Waals surface area contributed by atoms with E-state index in [1.807, 2.05) is 0 Å². The van der Waals surface area contributed by atoms with Gasteiger partial charge in [-0.3, -0.25) is 0 Å². The van der Waals surface area contributed by atoms with Crippen molar-refractivity contribution in [3.8, 4) is 100 Å². The van der Waals surface area contributed by atoms with Crippen molar-refractivity contribution < 1.29 is 0 Å². The second-order valence-electron chi connectivity index (χ2n) is 35.2. The Labute approximate surface area is 769 Å². The number of hydrogen-bond donors (Lipinski definition) is 0. The van der Waals surface area contributed by atoms with E-state index in [1.54, 1.807) is 0 Å². The fourth-order valence-electron chi connectivity index (χ4n) is 22.2. The van der Waals surface area contributed by atoms with Gasteiger partial charge in [0.1, 0.15) is 0 Å². The van der Waals surface area contributed by atoms with E-state index in [4.69, 9.17) is 0 Å². The molecular formula is C130H86N2. The summed E-state index contributed by atoms with van der Waals surface area (Å²) in [5.74, 6) is 0. The zero-order valence-electron chi connectivity index (χ0n) is 72.5. The van der Waals surface area contributed by atoms with Crippen molar-refractivity contribution in [2.45, 2.75) is 10.8 Å². The van der Waals surface area contributed by atoms with E-state index < -0.39 is 10.8 Å². The Morgan fingerprint density at radius 1 is 0.136 bits per heavy atom. The van der Waals surface area contributed by atoms with E-state index in [1.165, 1.54) is 148 Å². The summed E-state index contributed by atoms with van der Waals surface area (Å²) < 4.78 is 0. The van der Waals surface area contributed by atoms with Gasteiger partial charge in [0, 0.05) is 33.9 Å². The molecule has 616 valence electrons. The van der Waals surface area contributed by atoms with Crippen LogP contribution in [-0.4, -0.2) is 0 Å². The van der Waals surface area contributed by atoms with Gasteiger partial charge in [-0.25, -0.2) is 0 Å². The third-order valence-electron chi connectivity index (χ3n) is 28.2. The fourth-order valence-corrected chi connectivity index (χ4v) is 22.2. The number of hydrogen-bond acceptors (Lipinski definition) is 2. The zero-order valence-corrected chi connectivity index (χ0v) is 72.5. The van der Waals surface area contributed by atoms with Crippen LogP contribution in [0.3, 0.4) is 0 Å². The summed E-state index contributed by atoms with van der Waals surface area (Å²) in [5, 5.41) is 12.3. The van der Waals surface area contributed by atoms with Crippen LogP contribution < -0.4 is 9.80 Å². The van der Waals surface area contributed by atoms with Crippen LogP contribution in [0, 0.1) is 0 Å². The highest BCUT2D eigenvalue weighted by Gasteiger charge is 2.49. The number of nitrogens with zero attached hydrogens (tertiary/aromatic N) is 2. The molecule has 1 unspecified atom stereocenters. The highest BCUT2D eigenvalue weighted by Crippen LogP contribution is 2.62. The predicted molar refractivity (Wildman–Crippen MR) is 556 cm³/mol. The van der Waals surface area contributed by atoms with Crippen LogP contribution >= 0.6 is 0 Å². The fraction of sp³-hybridized carbons (Fsp3) is 0.0154. The summed E-state index contributed by atoms with van der Waals surface area (Å²) >= 11 is 0. The summed E-state index contributed by atoms with van der Waals surface area (Å²) in [6.07, 6.45) is 0. The highest BCUT2D eigenvalue weighted by molar-refractivity contribution is 6.10. The Hall–Kier alpha value is -17.0. The van der Waals surface area contributed by atoms with Gasteiger partial charge >= 0.3 is 0 Å². The molecule has 23 aromatic rings. The van der Waals surface area contributed by atoms with Crippen LogP contribution in [0.25, 0.3) is 154 Å². The minimum atomic E-state index is -0.744. The topological polar surface area (TPSA) is 6.48 Å². The Balaban J connectivity index is 0.633. The van der Waals surface area contributed by atoms with Gasteiger partial charge in [0.15, 0.2) is 0 Å². The average molecular weight is 1680 g/mol. The standard InChI is InChI=1S/C130H86N2/c1-4-36-103(37-5-1)129(104-38-6-2-7-39-104)121-52-20-18-47-119(121)127-123(129)54-26-56-125(127)131(108-77-68-95(69-78-108)116-50-24-33-91-29-11-15-44-112(91)116)107-75-66-89(67-76-107)101-83-100(84-102(85-101)98-72-81-118-99(82-98)63-62-93-31-13-17-46-114(93)118)88-64-73-106(74-65-88)130(105-40-8-3-9-41-105)122-53-21-19-48-120(122)128-124(130)55-27-57-126(128)132(109-79-70-96(71-80-109)117-51-25-34-92-30-12-16-45-113(92)117)110-42-22-35-97(86-110)87-58-60-94(61-59-87)115-49-23-32-90-28-10-14-43-111(90)115/h1-86H. The maximum absolute atomic E-state index is 2.51. The molecule has 2 nitrogen and oxygen atoms in total. The monoisotopic (exact) mass is 1670 g/mol. The Kier molecular flexibility index (Phi) is 18.8. The van der Waals surface area contributed by atoms with Crippen molar-refractivity contribution in [1.29, 1.82) is 0 Å². The van der Waals surface area contributed by atoms with Gasteiger partial charge in [0.2, 0.25) is 0 Å². The van der Waals surface area contributed by atoms with Gasteiger partial charge in [0.05, 0.1) is 22.2 Å². The lowest BCUT2D eigenvalue weighted by atomic mass is 9.67. The average Bonchev–Trinajstić information content (AvgIpc) is 1.53. The first kappa shape index (κ1) is 77.3. The smallest absolute Gasteiger partial charge is 0.0714 e. The van der Waals surface area contributed by atoms with E-state index in [9.17, 15) is 0 Å². The lowest BCUT2D eigenvalue weighted by molar-refractivity contribution is 0.768. The Morgan fingerprint density at radius 2 is 0.424 bits per heavy atom. The SMILES string of the molecule is c1ccc(C2(c3ccccc3)c3ccccc3-c3c(N(c4ccc(-c5cc(-c6ccc(C7(c8ccccc8)c8ccccc8-c8c(N(c9ccc(-c%10cccc%11ccccc%10%11)cc9)c9cccc(-c%10ccc(-c%11cccc%12ccccc%11%12)cc%10)c9)cccc87)cc6)cc(-c6ccc7c(ccc8ccccc87)c6)c5)cc4)c4ccc(-c5cccc6ccccc56)cc4)cccc32)cc1. The van der Waals surface area contributed by atoms with Crippen molar-refractivity contribution in [2.75, 3.05) is 9.80 Å². The van der Waals surface area contributed by atoms with E-state index in [0.29, 0.717) is 0 Å². The summed E-state index contributed by atoms with van der Waals surface area (Å²) in [6, 6.07) is 195.